The summed E-state index contributed by atoms with van der Waals surface area (Å²) in [6.07, 6.45) is 3.80. The molecule has 26 heavy (non-hydrogen) atoms. The number of para-hydroxylation sites is 1. The molecule has 0 spiro atoms. The fourth-order valence-corrected chi connectivity index (χ4v) is 3.98. The molecule has 1 heterocycles. The van der Waals surface area contributed by atoms with Crippen molar-refractivity contribution in [1.82, 2.24) is 9.29 Å². The molecule has 1 fully saturated rings. The van der Waals surface area contributed by atoms with E-state index >= 15 is 0 Å². The van der Waals surface area contributed by atoms with Crippen molar-refractivity contribution in [3.63, 3.8) is 0 Å². The summed E-state index contributed by atoms with van der Waals surface area (Å²) in [5.74, 6) is 3.40. The van der Waals surface area contributed by atoms with E-state index in [1.807, 2.05) is 30.3 Å². The van der Waals surface area contributed by atoms with E-state index in [1.165, 1.54) is 4.31 Å². The topological polar surface area (TPSA) is 50.3 Å². The average Bonchev–Trinajstić information content (AvgIpc) is 3.50. The number of fused-ring (bicyclic) bond motifs is 1. The molecule has 5 heteroatoms. The number of hydrogen-bond donors (Lipinski definition) is 0. The molecular formula is C21H18N2O2S. The molecule has 0 aliphatic heterocycles. The minimum Gasteiger partial charge on any atom is -0.256 e. The molecule has 1 aromatic heterocycles. The number of nitrogens with zero attached hydrogens (tertiary/aromatic N) is 2. The van der Waals surface area contributed by atoms with Crippen LogP contribution in [-0.2, 0) is 16.6 Å². The van der Waals surface area contributed by atoms with Gasteiger partial charge >= 0.3 is 0 Å². The van der Waals surface area contributed by atoms with Gasteiger partial charge in [0.15, 0.2) is 0 Å². The van der Waals surface area contributed by atoms with Crippen LogP contribution in [0.3, 0.4) is 0 Å². The maximum atomic E-state index is 13.1. The molecular weight excluding hydrogens is 344 g/mol. The smallest absolute Gasteiger partial charge is 0.256 e. The Balaban J connectivity index is 1.76. The van der Waals surface area contributed by atoms with E-state index < -0.39 is 10.0 Å². The summed E-state index contributed by atoms with van der Waals surface area (Å²) < 4.78 is 27.5. The van der Waals surface area contributed by atoms with Gasteiger partial charge in [-0.25, -0.2) is 12.7 Å². The third-order valence-corrected chi connectivity index (χ3v) is 6.02. The Labute approximate surface area is 153 Å². The van der Waals surface area contributed by atoms with E-state index in [0.717, 1.165) is 29.3 Å². The zero-order chi connectivity index (χ0) is 18.0. The second kappa shape index (κ2) is 6.81. The SMILES string of the molecule is O=S(=O)(c1ccccc1)N(C#CC1CC1)Cc1ccnc2ccccc12. The lowest BCUT2D eigenvalue weighted by Gasteiger charge is -2.19. The maximum absolute atomic E-state index is 13.1. The first kappa shape index (κ1) is 16.6. The van der Waals surface area contributed by atoms with Crippen LogP contribution in [0.25, 0.3) is 10.9 Å². The van der Waals surface area contributed by atoms with Crippen LogP contribution in [-0.4, -0.2) is 17.7 Å². The minimum absolute atomic E-state index is 0.194. The van der Waals surface area contributed by atoms with E-state index in [1.54, 1.807) is 36.5 Å². The van der Waals surface area contributed by atoms with Crippen LogP contribution in [0.1, 0.15) is 18.4 Å². The molecule has 0 radical (unpaired) electrons. The van der Waals surface area contributed by atoms with Gasteiger partial charge in [-0.3, -0.25) is 4.98 Å². The van der Waals surface area contributed by atoms with E-state index in [4.69, 9.17) is 0 Å². The van der Waals surface area contributed by atoms with Crippen molar-refractivity contribution < 1.29 is 8.42 Å². The van der Waals surface area contributed by atoms with Gasteiger partial charge in [-0.1, -0.05) is 42.3 Å². The van der Waals surface area contributed by atoms with E-state index in [-0.39, 0.29) is 11.4 Å². The van der Waals surface area contributed by atoms with Crippen molar-refractivity contribution in [3.05, 3.63) is 72.4 Å². The lowest BCUT2D eigenvalue weighted by atomic mass is 10.1. The Kier molecular flexibility index (Phi) is 4.36. The Hall–Kier alpha value is -2.84. The first-order chi connectivity index (χ1) is 12.6. The zero-order valence-corrected chi connectivity index (χ0v) is 15.0. The first-order valence-electron chi connectivity index (χ1n) is 8.56. The Morgan fingerprint density at radius 2 is 1.73 bits per heavy atom. The summed E-state index contributed by atoms with van der Waals surface area (Å²) in [6, 6.07) is 20.9. The number of benzene rings is 2. The highest BCUT2D eigenvalue weighted by Gasteiger charge is 2.24. The molecule has 3 aromatic rings. The van der Waals surface area contributed by atoms with Gasteiger partial charge in [-0.05, 0) is 42.7 Å². The van der Waals surface area contributed by atoms with Crippen molar-refractivity contribution in [2.45, 2.75) is 24.3 Å². The van der Waals surface area contributed by atoms with Crippen LogP contribution in [0, 0.1) is 17.9 Å². The monoisotopic (exact) mass is 362 g/mol. The molecule has 130 valence electrons. The summed E-state index contributed by atoms with van der Waals surface area (Å²) in [6.45, 7) is 0.194. The van der Waals surface area contributed by atoms with Crippen molar-refractivity contribution in [2.75, 3.05) is 0 Å². The van der Waals surface area contributed by atoms with Gasteiger partial charge in [-0.15, -0.1) is 0 Å². The third-order valence-electron chi connectivity index (χ3n) is 4.36. The predicted octanol–water partition coefficient (Wildman–Crippen LogP) is 3.80. The van der Waals surface area contributed by atoms with Gasteiger partial charge in [0.2, 0.25) is 0 Å². The zero-order valence-electron chi connectivity index (χ0n) is 14.2. The molecule has 1 aliphatic rings. The molecule has 0 bridgehead atoms. The van der Waals surface area contributed by atoms with Gasteiger partial charge in [-0.2, -0.15) is 0 Å². The lowest BCUT2D eigenvalue weighted by molar-refractivity contribution is 0.509. The number of sulfonamides is 1. The highest BCUT2D eigenvalue weighted by atomic mass is 32.2. The molecule has 4 nitrogen and oxygen atoms in total. The van der Waals surface area contributed by atoms with Crippen LogP contribution in [0.5, 0.6) is 0 Å². The number of pyridine rings is 1. The van der Waals surface area contributed by atoms with Crippen LogP contribution >= 0.6 is 0 Å². The van der Waals surface area contributed by atoms with Gasteiger partial charge in [0.25, 0.3) is 10.0 Å². The molecule has 2 aromatic carbocycles. The Bertz CT molecular complexity index is 1090. The highest BCUT2D eigenvalue weighted by Crippen LogP contribution is 2.28. The number of rotatable bonds is 4. The van der Waals surface area contributed by atoms with E-state index in [0.29, 0.717) is 5.92 Å². The Morgan fingerprint density at radius 1 is 1.00 bits per heavy atom. The van der Waals surface area contributed by atoms with Crippen molar-refractivity contribution in [2.24, 2.45) is 5.92 Å². The van der Waals surface area contributed by atoms with Gasteiger partial charge in [0.1, 0.15) is 0 Å². The number of aromatic nitrogens is 1. The standard InChI is InChI=1S/C21H18N2O2S/c24-26(25,19-6-2-1-3-7-19)23(15-13-17-10-11-17)16-18-12-14-22-21-9-5-4-8-20(18)21/h1-9,12,14,17H,10-11,16H2. The van der Waals surface area contributed by atoms with Crippen LogP contribution in [0.2, 0.25) is 0 Å². The maximum Gasteiger partial charge on any atom is 0.271 e. The molecule has 4 rings (SSSR count). The summed E-state index contributed by atoms with van der Waals surface area (Å²) in [5.41, 5.74) is 1.73. The lowest BCUT2D eigenvalue weighted by Crippen LogP contribution is -2.26. The van der Waals surface area contributed by atoms with Crippen molar-refractivity contribution in [3.8, 4) is 12.0 Å². The quantitative estimate of drug-likeness (QED) is 0.524. The summed E-state index contributed by atoms with van der Waals surface area (Å²) >= 11 is 0. The second-order valence-corrected chi connectivity index (χ2v) is 8.20. The molecule has 0 atom stereocenters. The second-order valence-electron chi connectivity index (χ2n) is 6.34. The Morgan fingerprint density at radius 3 is 2.50 bits per heavy atom. The molecule has 0 amide bonds. The molecule has 1 saturated carbocycles. The van der Waals surface area contributed by atoms with Crippen molar-refractivity contribution in [1.29, 1.82) is 0 Å². The fourth-order valence-electron chi connectivity index (χ4n) is 2.74. The summed E-state index contributed by atoms with van der Waals surface area (Å²) in [7, 11) is -3.70. The van der Waals surface area contributed by atoms with E-state index in [2.05, 4.69) is 16.9 Å². The molecule has 0 N–H and O–H groups in total. The first-order valence-corrected chi connectivity index (χ1v) is 10.0. The molecule has 1 aliphatic carbocycles. The highest BCUT2D eigenvalue weighted by molar-refractivity contribution is 7.89. The molecule has 0 saturated heterocycles. The van der Waals surface area contributed by atoms with Gasteiger partial charge < -0.3 is 0 Å². The van der Waals surface area contributed by atoms with Crippen LogP contribution < -0.4 is 0 Å². The summed E-state index contributed by atoms with van der Waals surface area (Å²) in [5, 5.41) is 0.941. The average molecular weight is 362 g/mol. The van der Waals surface area contributed by atoms with Gasteiger partial charge in [0.05, 0.1) is 17.0 Å². The minimum atomic E-state index is -3.70. The van der Waals surface area contributed by atoms with Crippen LogP contribution in [0.4, 0.5) is 0 Å². The van der Waals surface area contributed by atoms with Gasteiger partial charge in [0, 0.05) is 23.5 Å². The van der Waals surface area contributed by atoms with E-state index in [9.17, 15) is 8.42 Å². The fraction of sp³-hybridized carbons (Fsp3) is 0.190. The third kappa shape index (κ3) is 3.42. The van der Waals surface area contributed by atoms with Crippen LogP contribution in [0.15, 0.2) is 71.8 Å². The predicted molar refractivity (Wildman–Crippen MR) is 101 cm³/mol. The molecule has 0 unspecified atom stereocenters. The largest absolute Gasteiger partial charge is 0.271 e. The van der Waals surface area contributed by atoms with Crippen molar-refractivity contribution >= 4 is 20.9 Å². The number of hydrogen-bond acceptors (Lipinski definition) is 3. The summed E-state index contributed by atoms with van der Waals surface area (Å²) in [4.78, 5) is 4.60. The normalized spacial score (nSPS) is 13.8.